The van der Waals surface area contributed by atoms with Crippen LogP contribution >= 0.6 is 11.3 Å². The fraction of sp³-hybridized carbons (Fsp3) is 0.450. The first-order valence-corrected chi connectivity index (χ1v) is 9.97. The SMILES string of the molecule is CCc1ccc(NC(=O)C[NH+](Cc2cccs2)C[C@H]2CCCO2)cc1. The molecule has 2 aromatic rings. The van der Waals surface area contributed by atoms with Crippen LogP contribution in [0.15, 0.2) is 41.8 Å². The van der Waals surface area contributed by atoms with Gasteiger partial charge in [-0.1, -0.05) is 25.1 Å². The van der Waals surface area contributed by atoms with Crippen LogP contribution in [0.25, 0.3) is 0 Å². The maximum atomic E-state index is 12.5. The average molecular weight is 360 g/mol. The van der Waals surface area contributed by atoms with Crippen molar-refractivity contribution in [1.29, 1.82) is 0 Å². The van der Waals surface area contributed by atoms with E-state index < -0.39 is 0 Å². The molecule has 0 spiro atoms. The van der Waals surface area contributed by atoms with Crippen LogP contribution in [0.1, 0.15) is 30.2 Å². The van der Waals surface area contributed by atoms with Gasteiger partial charge in [-0.05, 0) is 48.4 Å². The second-order valence-electron chi connectivity index (χ2n) is 6.62. The first-order valence-electron chi connectivity index (χ1n) is 9.09. The molecule has 1 fully saturated rings. The molecule has 134 valence electrons. The van der Waals surface area contributed by atoms with Gasteiger partial charge in [-0.15, -0.1) is 11.3 Å². The summed E-state index contributed by atoms with van der Waals surface area (Å²) in [5, 5.41) is 5.12. The van der Waals surface area contributed by atoms with Gasteiger partial charge in [-0.2, -0.15) is 0 Å². The summed E-state index contributed by atoms with van der Waals surface area (Å²) in [7, 11) is 0. The molecule has 5 heteroatoms. The fourth-order valence-corrected chi connectivity index (χ4v) is 4.03. The molecule has 0 saturated carbocycles. The van der Waals surface area contributed by atoms with Gasteiger partial charge in [0.2, 0.25) is 0 Å². The largest absolute Gasteiger partial charge is 0.372 e. The number of hydrogen-bond acceptors (Lipinski definition) is 3. The lowest BCUT2D eigenvalue weighted by atomic mass is 10.1. The van der Waals surface area contributed by atoms with Crippen molar-refractivity contribution >= 4 is 22.9 Å². The van der Waals surface area contributed by atoms with Crippen LogP contribution in [0.4, 0.5) is 5.69 Å². The highest BCUT2D eigenvalue weighted by molar-refractivity contribution is 7.09. The number of aryl methyl sites for hydroxylation is 1. The normalized spacial score (nSPS) is 18.2. The number of carbonyl (C=O) groups is 1. The van der Waals surface area contributed by atoms with Crippen molar-refractivity contribution in [1.82, 2.24) is 0 Å². The van der Waals surface area contributed by atoms with Gasteiger partial charge in [0, 0.05) is 12.3 Å². The molecule has 0 aliphatic carbocycles. The first kappa shape index (κ1) is 18.1. The van der Waals surface area contributed by atoms with E-state index in [1.807, 2.05) is 12.1 Å². The molecule has 2 N–H and O–H groups in total. The number of nitrogens with one attached hydrogen (secondary N) is 2. The van der Waals surface area contributed by atoms with Crippen LogP contribution in [0.3, 0.4) is 0 Å². The maximum Gasteiger partial charge on any atom is 0.279 e. The van der Waals surface area contributed by atoms with Crippen molar-refractivity contribution in [2.75, 3.05) is 25.0 Å². The van der Waals surface area contributed by atoms with Crippen molar-refractivity contribution in [3.05, 3.63) is 52.2 Å². The zero-order valence-corrected chi connectivity index (χ0v) is 15.6. The Balaban J connectivity index is 1.57. The van der Waals surface area contributed by atoms with Crippen molar-refractivity contribution in [3.8, 4) is 0 Å². The Morgan fingerprint density at radius 3 is 2.80 bits per heavy atom. The van der Waals surface area contributed by atoms with Crippen LogP contribution in [0, 0.1) is 0 Å². The Morgan fingerprint density at radius 1 is 1.32 bits per heavy atom. The molecule has 4 nitrogen and oxygen atoms in total. The minimum atomic E-state index is 0.0637. The van der Waals surface area contributed by atoms with Crippen LogP contribution < -0.4 is 10.2 Å². The Kier molecular flexibility index (Phi) is 6.62. The highest BCUT2D eigenvalue weighted by Crippen LogP contribution is 2.11. The van der Waals surface area contributed by atoms with Gasteiger partial charge < -0.3 is 15.0 Å². The third kappa shape index (κ3) is 5.66. The number of quaternary nitrogens is 1. The molecule has 0 bridgehead atoms. The van der Waals surface area contributed by atoms with E-state index in [0.29, 0.717) is 6.54 Å². The summed E-state index contributed by atoms with van der Waals surface area (Å²) in [6.07, 6.45) is 3.53. The molecule has 0 radical (unpaired) electrons. The van der Waals surface area contributed by atoms with E-state index in [4.69, 9.17) is 4.74 Å². The van der Waals surface area contributed by atoms with Crippen LogP contribution in [-0.4, -0.2) is 31.7 Å². The maximum absolute atomic E-state index is 12.5. The van der Waals surface area contributed by atoms with Gasteiger partial charge in [0.25, 0.3) is 5.91 Å². The number of hydrogen-bond donors (Lipinski definition) is 2. The number of anilines is 1. The topological polar surface area (TPSA) is 42.8 Å². The summed E-state index contributed by atoms with van der Waals surface area (Å²) in [6.45, 7) is 5.21. The van der Waals surface area contributed by atoms with Gasteiger partial charge in [0.05, 0.1) is 4.88 Å². The van der Waals surface area contributed by atoms with E-state index in [2.05, 4.69) is 41.9 Å². The van der Waals surface area contributed by atoms with Crippen molar-refractivity contribution < 1.29 is 14.4 Å². The van der Waals surface area contributed by atoms with E-state index in [0.717, 1.165) is 44.6 Å². The number of thiophene rings is 1. The number of ether oxygens (including phenoxy) is 1. The van der Waals surface area contributed by atoms with Crippen LogP contribution in [0.2, 0.25) is 0 Å². The monoisotopic (exact) mass is 359 g/mol. The third-order valence-electron chi connectivity index (χ3n) is 4.60. The van der Waals surface area contributed by atoms with E-state index in [9.17, 15) is 4.79 Å². The summed E-state index contributed by atoms with van der Waals surface area (Å²) < 4.78 is 5.78. The number of carbonyl (C=O) groups excluding carboxylic acids is 1. The molecule has 1 saturated heterocycles. The summed E-state index contributed by atoms with van der Waals surface area (Å²) in [4.78, 5) is 15.1. The summed E-state index contributed by atoms with van der Waals surface area (Å²) in [5.41, 5.74) is 2.15. The van der Waals surface area contributed by atoms with Gasteiger partial charge in [-0.3, -0.25) is 4.79 Å². The molecule has 1 aromatic carbocycles. The lowest BCUT2D eigenvalue weighted by Crippen LogP contribution is -3.12. The molecule has 1 amide bonds. The van der Waals surface area contributed by atoms with Crippen LogP contribution in [-0.2, 0) is 22.5 Å². The Morgan fingerprint density at radius 2 is 2.16 bits per heavy atom. The summed E-state index contributed by atoms with van der Waals surface area (Å²) in [6, 6.07) is 12.3. The number of amides is 1. The molecular formula is C20H27N2O2S+. The van der Waals surface area contributed by atoms with Gasteiger partial charge in [0.15, 0.2) is 6.54 Å². The Labute approximate surface area is 153 Å². The third-order valence-corrected chi connectivity index (χ3v) is 5.48. The predicted octanol–water partition coefficient (Wildman–Crippen LogP) is 2.51. The second-order valence-corrected chi connectivity index (χ2v) is 7.65. The standard InChI is InChI=1S/C20H26N2O2S/c1-2-16-7-9-17(10-8-16)21-20(23)15-22(13-18-5-3-11-24-18)14-19-6-4-12-25-19/h4,6-10,12,18H,2-3,5,11,13-15H2,1H3,(H,21,23)/p+1/t18-/m1/s1. The summed E-state index contributed by atoms with van der Waals surface area (Å²) >= 11 is 1.75. The zero-order chi connectivity index (χ0) is 17.5. The van der Waals surface area contributed by atoms with Crippen LogP contribution in [0.5, 0.6) is 0 Å². The van der Waals surface area contributed by atoms with E-state index in [-0.39, 0.29) is 12.0 Å². The Hall–Kier alpha value is -1.69. The molecular weight excluding hydrogens is 332 g/mol. The van der Waals surface area contributed by atoms with Gasteiger partial charge >= 0.3 is 0 Å². The van der Waals surface area contributed by atoms with Crippen molar-refractivity contribution in [2.24, 2.45) is 0 Å². The van der Waals surface area contributed by atoms with Gasteiger partial charge in [-0.25, -0.2) is 0 Å². The number of benzene rings is 1. The summed E-state index contributed by atoms with van der Waals surface area (Å²) in [5.74, 6) is 0.0637. The average Bonchev–Trinajstić information content (AvgIpc) is 3.29. The highest BCUT2D eigenvalue weighted by atomic mass is 32.1. The molecule has 1 unspecified atom stereocenters. The van der Waals surface area contributed by atoms with Crippen molar-refractivity contribution in [3.63, 3.8) is 0 Å². The second kappa shape index (κ2) is 9.13. The molecule has 1 aromatic heterocycles. The molecule has 25 heavy (non-hydrogen) atoms. The predicted molar refractivity (Wildman–Crippen MR) is 102 cm³/mol. The molecule has 3 rings (SSSR count). The number of rotatable bonds is 8. The molecule has 2 atom stereocenters. The molecule has 1 aliphatic heterocycles. The van der Waals surface area contributed by atoms with Gasteiger partial charge in [0.1, 0.15) is 19.2 Å². The minimum Gasteiger partial charge on any atom is -0.372 e. The lowest BCUT2D eigenvalue weighted by molar-refractivity contribution is -0.908. The minimum absolute atomic E-state index is 0.0637. The smallest absolute Gasteiger partial charge is 0.279 e. The highest BCUT2D eigenvalue weighted by Gasteiger charge is 2.24. The molecule has 1 aliphatic rings. The zero-order valence-electron chi connectivity index (χ0n) is 14.8. The molecule has 2 heterocycles. The van der Waals surface area contributed by atoms with E-state index in [1.54, 1.807) is 11.3 Å². The fourth-order valence-electron chi connectivity index (χ4n) is 3.25. The van der Waals surface area contributed by atoms with E-state index >= 15 is 0 Å². The first-order chi connectivity index (χ1) is 12.2. The van der Waals surface area contributed by atoms with Crippen molar-refractivity contribution in [2.45, 2.75) is 38.8 Å². The Bertz CT molecular complexity index is 649. The van der Waals surface area contributed by atoms with E-state index in [1.165, 1.54) is 15.3 Å². The quantitative estimate of drug-likeness (QED) is 0.761. The lowest BCUT2D eigenvalue weighted by Gasteiger charge is -2.21.